The van der Waals surface area contributed by atoms with E-state index < -0.39 is 4.92 Å². The summed E-state index contributed by atoms with van der Waals surface area (Å²) in [5.74, 6) is 0. The van der Waals surface area contributed by atoms with Gasteiger partial charge < -0.3 is 5.21 Å². The molecule has 6 heteroatoms. The van der Waals surface area contributed by atoms with E-state index in [4.69, 9.17) is 11.6 Å². The third kappa shape index (κ3) is 1.56. The van der Waals surface area contributed by atoms with Crippen molar-refractivity contribution < 1.29 is 9.65 Å². The minimum absolute atomic E-state index is 0.160. The van der Waals surface area contributed by atoms with Gasteiger partial charge in [-0.25, -0.2) is 0 Å². The number of halogens is 1. The first-order valence-corrected chi connectivity index (χ1v) is 3.02. The fraction of sp³-hybridized carbons (Fsp3) is 0. The molecule has 0 amide bonds. The molecule has 1 heterocycles. The zero-order chi connectivity index (χ0) is 8.43. The minimum atomic E-state index is -0.650. The number of rotatable bonds is 1. The van der Waals surface area contributed by atoms with Crippen LogP contribution >= 0.6 is 11.6 Å². The molecule has 58 valence electrons. The second-order valence-electron chi connectivity index (χ2n) is 1.80. The molecule has 11 heavy (non-hydrogen) atoms. The maximum Gasteiger partial charge on any atom is 0.300 e. The maximum absolute atomic E-state index is 10.5. The molecule has 0 unspecified atom stereocenters. The summed E-state index contributed by atoms with van der Waals surface area (Å²) in [7, 11) is 0. The summed E-state index contributed by atoms with van der Waals surface area (Å²) in [6.07, 6.45) is 1.95. The Kier molecular flexibility index (Phi) is 1.91. The molecule has 0 saturated carbocycles. The molecule has 0 N–H and O–H groups in total. The summed E-state index contributed by atoms with van der Waals surface area (Å²) in [5.41, 5.74) is -0.265. The van der Waals surface area contributed by atoms with Crippen LogP contribution in [0.2, 0.25) is 5.02 Å². The van der Waals surface area contributed by atoms with Gasteiger partial charge in [0.2, 0.25) is 6.20 Å². The van der Waals surface area contributed by atoms with E-state index in [0.29, 0.717) is 4.73 Å². The first-order valence-electron chi connectivity index (χ1n) is 2.64. The summed E-state index contributed by atoms with van der Waals surface area (Å²) in [4.78, 5) is 9.49. The van der Waals surface area contributed by atoms with Gasteiger partial charge in [-0.05, 0) is 0 Å². The number of nitrogens with zero attached hydrogens (tertiary/aromatic N) is 2. The van der Waals surface area contributed by atoms with Gasteiger partial charge in [0.1, 0.15) is 0 Å². The van der Waals surface area contributed by atoms with Crippen molar-refractivity contribution in [2.75, 3.05) is 0 Å². The van der Waals surface area contributed by atoms with Crippen LogP contribution in [0.4, 0.5) is 5.69 Å². The van der Waals surface area contributed by atoms with Crippen LogP contribution in [0.25, 0.3) is 0 Å². The Morgan fingerprint density at radius 2 is 2.27 bits per heavy atom. The Morgan fingerprint density at radius 1 is 1.64 bits per heavy atom. The fourth-order valence-corrected chi connectivity index (χ4v) is 0.821. The van der Waals surface area contributed by atoms with E-state index in [-0.39, 0.29) is 10.7 Å². The number of hydrogen-bond acceptors (Lipinski definition) is 3. The normalized spacial score (nSPS) is 9.55. The lowest BCUT2D eigenvalue weighted by molar-refractivity contribution is -0.606. The van der Waals surface area contributed by atoms with Crippen LogP contribution in [0.5, 0.6) is 0 Å². The van der Waals surface area contributed by atoms with Gasteiger partial charge in [-0.1, -0.05) is 11.6 Å². The van der Waals surface area contributed by atoms with Crippen LogP contribution in [-0.2, 0) is 0 Å². The average Bonchev–Trinajstić information content (AvgIpc) is 1.85. The number of nitro groups is 1. The summed E-state index contributed by atoms with van der Waals surface area (Å²) in [6.45, 7) is 0. The Bertz CT molecular complexity index is 302. The number of hydrogen-bond donors (Lipinski definition) is 0. The zero-order valence-electron chi connectivity index (χ0n) is 5.23. The lowest BCUT2D eigenvalue weighted by atomic mass is 10.4. The van der Waals surface area contributed by atoms with Crippen molar-refractivity contribution in [1.82, 2.24) is 0 Å². The predicted molar refractivity (Wildman–Crippen MR) is 37.1 cm³/mol. The third-order valence-corrected chi connectivity index (χ3v) is 1.35. The van der Waals surface area contributed by atoms with E-state index in [1.807, 2.05) is 0 Å². The highest BCUT2D eigenvalue weighted by Crippen LogP contribution is 2.20. The molecule has 0 aliphatic carbocycles. The standard InChI is InChI=1S/C5H3ClN2O3/c6-4-3-7(9)2-1-5(4)8(10)11/h1-3H. The van der Waals surface area contributed by atoms with Crippen molar-refractivity contribution in [1.29, 1.82) is 0 Å². The van der Waals surface area contributed by atoms with Gasteiger partial charge in [0.25, 0.3) is 5.69 Å². The molecule has 0 spiro atoms. The monoisotopic (exact) mass is 174 g/mol. The smallest absolute Gasteiger partial charge is 0.300 e. The van der Waals surface area contributed by atoms with Crippen LogP contribution < -0.4 is 4.73 Å². The summed E-state index contributed by atoms with van der Waals surface area (Å²) >= 11 is 5.36. The van der Waals surface area contributed by atoms with E-state index in [2.05, 4.69) is 0 Å². The lowest BCUT2D eigenvalue weighted by Gasteiger charge is -1.95. The van der Waals surface area contributed by atoms with Gasteiger partial charge in [-0.3, -0.25) is 10.1 Å². The quantitative estimate of drug-likeness (QED) is 0.275. The summed E-state index contributed by atoms with van der Waals surface area (Å²) < 4.78 is 0.398. The number of pyridine rings is 1. The van der Waals surface area contributed by atoms with Crippen molar-refractivity contribution in [2.45, 2.75) is 0 Å². The van der Waals surface area contributed by atoms with E-state index in [9.17, 15) is 15.3 Å². The Balaban J connectivity index is 3.20. The van der Waals surface area contributed by atoms with Gasteiger partial charge in [0, 0.05) is 0 Å². The molecule has 0 fully saturated rings. The highest BCUT2D eigenvalue weighted by molar-refractivity contribution is 6.32. The second kappa shape index (κ2) is 2.71. The highest BCUT2D eigenvalue weighted by Gasteiger charge is 2.13. The van der Waals surface area contributed by atoms with E-state index in [1.165, 1.54) is 0 Å². The second-order valence-corrected chi connectivity index (χ2v) is 2.20. The molecule has 0 saturated heterocycles. The van der Waals surface area contributed by atoms with Gasteiger partial charge in [0.05, 0.1) is 11.0 Å². The molecule has 1 aromatic rings. The largest absolute Gasteiger partial charge is 0.619 e. The molecule has 0 radical (unpaired) electrons. The predicted octanol–water partition coefficient (Wildman–Crippen LogP) is 0.882. The van der Waals surface area contributed by atoms with Crippen LogP contribution in [0.15, 0.2) is 18.5 Å². The molecule has 0 atom stereocenters. The average molecular weight is 175 g/mol. The van der Waals surface area contributed by atoms with Crippen molar-refractivity contribution >= 4 is 17.3 Å². The molecule has 0 bridgehead atoms. The molecule has 0 aliphatic rings. The van der Waals surface area contributed by atoms with Gasteiger partial charge >= 0.3 is 0 Å². The molecular formula is C5H3ClN2O3. The topological polar surface area (TPSA) is 70.1 Å². The molecule has 0 aromatic carbocycles. The first-order chi connectivity index (χ1) is 5.11. The molecular weight excluding hydrogens is 172 g/mol. The third-order valence-electron chi connectivity index (χ3n) is 1.06. The van der Waals surface area contributed by atoms with Gasteiger partial charge in [-0.2, -0.15) is 4.73 Å². The summed E-state index contributed by atoms with van der Waals surface area (Å²) in [6, 6.07) is 1.05. The van der Waals surface area contributed by atoms with E-state index in [1.54, 1.807) is 0 Å². The highest BCUT2D eigenvalue weighted by atomic mass is 35.5. The lowest BCUT2D eigenvalue weighted by Crippen LogP contribution is -2.24. The molecule has 5 nitrogen and oxygen atoms in total. The van der Waals surface area contributed by atoms with Crippen molar-refractivity contribution in [3.05, 3.63) is 38.8 Å². The Hall–Kier alpha value is -1.36. The fourth-order valence-electron chi connectivity index (χ4n) is 0.593. The minimum Gasteiger partial charge on any atom is -0.619 e. The van der Waals surface area contributed by atoms with Crippen LogP contribution in [0.1, 0.15) is 0 Å². The van der Waals surface area contributed by atoms with Crippen molar-refractivity contribution in [2.24, 2.45) is 0 Å². The maximum atomic E-state index is 10.5. The molecule has 1 aromatic heterocycles. The van der Waals surface area contributed by atoms with Crippen molar-refractivity contribution in [3.63, 3.8) is 0 Å². The van der Waals surface area contributed by atoms with Crippen LogP contribution in [-0.4, -0.2) is 4.92 Å². The number of aromatic nitrogens is 1. The Labute approximate surface area is 66.6 Å². The molecule has 1 rings (SSSR count). The van der Waals surface area contributed by atoms with Crippen LogP contribution in [0, 0.1) is 15.3 Å². The van der Waals surface area contributed by atoms with E-state index >= 15 is 0 Å². The van der Waals surface area contributed by atoms with Crippen LogP contribution in [0.3, 0.4) is 0 Å². The molecule has 0 aliphatic heterocycles. The van der Waals surface area contributed by atoms with Crippen molar-refractivity contribution in [3.8, 4) is 0 Å². The van der Waals surface area contributed by atoms with E-state index in [0.717, 1.165) is 18.5 Å². The SMILES string of the molecule is O=[N+]([O-])c1cc[n+]([O-])cc1Cl. The Morgan fingerprint density at radius 3 is 2.73 bits per heavy atom. The van der Waals surface area contributed by atoms with Gasteiger partial charge in [-0.15, -0.1) is 0 Å². The summed E-state index contributed by atoms with van der Waals surface area (Å²) in [5, 5.41) is 20.5. The zero-order valence-corrected chi connectivity index (χ0v) is 5.99. The first kappa shape index (κ1) is 7.74. The van der Waals surface area contributed by atoms with Gasteiger partial charge in [0.15, 0.2) is 11.2 Å².